The zero-order valence-corrected chi connectivity index (χ0v) is 12.6. The van der Waals surface area contributed by atoms with Crippen LogP contribution in [0.15, 0.2) is 16.5 Å². The number of rotatable bonds is 5. The van der Waals surface area contributed by atoms with Gasteiger partial charge in [-0.3, -0.25) is 0 Å². The van der Waals surface area contributed by atoms with Gasteiger partial charge in [-0.05, 0) is 31.9 Å². The summed E-state index contributed by atoms with van der Waals surface area (Å²) in [6.07, 6.45) is 0. The standard InChI is InChI=1S/C15H19N3O3/c1-8(2)13-5-9(3)17-15(18-13)16-7-11-6-12(14(19)20)10(4)21-11/h5-6,8H,7H2,1-4H3,(H,19,20)(H,16,17,18). The van der Waals surface area contributed by atoms with Gasteiger partial charge in [0.15, 0.2) is 0 Å². The number of aromatic nitrogens is 2. The highest BCUT2D eigenvalue weighted by Gasteiger charge is 2.14. The van der Waals surface area contributed by atoms with Gasteiger partial charge < -0.3 is 14.8 Å². The second kappa shape index (κ2) is 5.95. The van der Waals surface area contributed by atoms with Gasteiger partial charge >= 0.3 is 5.97 Å². The van der Waals surface area contributed by atoms with E-state index < -0.39 is 5.97 Å². The Kier molecular flexibility index (Phi) is 4.26. The lowest BCUT2D eigenvalue weighted by Crippen LogP contribution is -2.06. The molecule has 0 aliphatic carbocycles. The topological polar surface area (TPSA) is 88.2 Å². The normalized spacial score (nSPS) is 10.9. The Balaban J connectivity index is 2.13. The van der Waals surface area contributed by atoms with Crippen molar-refractivity contribution in [3.05, 3.63) is 40.6 Å². The first kappa shape index (κ1) is 15.0. The number of nitrogens with one attached hydrogen (secondary N) is 1. The lowest BCUT2D eigenvalue weighted by atomic mass is 10.1. The summed E-state index contributed by atoms with van der Waals surface area (Å²) in [5.41, 5.74) is 2.03. The van der Waals surface area contributed by atoms with Crippen molar-refractivity contribution in [3.63, 3.8) is 0 Å². The van der Waals surface area contributed by atoms with Crippen molar-refractivity contribution >= 4 is 11.9 Å². The van der Waals surface area contributed by atoms with Crippen molar-refractivity contribution < 1.29 is 14.3 Å². The Morgan fingerprint density at radius 1 is 1.33 bits per heavy atom. The van der Waals surface area contributed by atoms with Crippen LogP contribution in [0, 0.1) is 13.8 Å². The highest BCUT2D eigenvalue weighted by atomic mass is 16.4. The Hall–Kier alpha value is -2.37. The zero-order valence-electron chi connectivity index (χ0n) is 12.6. The zero-order chi connectivity index (χ0) is 15.6. The van der Waals surface area contributed by atoms with E-state index in [2.05, 4.69) is 29.1 Å². The third-order valence-electron chi connectivity index (χ3n) is 3.09. The summed E-state index contributed by atoms with van der Waals surface area (Å²) in [4.78, 5) is 19.7. The molecule has 2 aromatic rings. The fourth-order valence-corrected chi connectivity index (χ4v) is 1.98. The predicted molar refractivity (Wildman–Crippen MR) is 78.6 cm³/mol. The first-order chi connectivity index (χ1) is 9.86. The number of anilines is 1. The van der Waals surface area contributed by atoms with E-state index in [1.807, 2.05) is 13.0 Å². The van der Waals surface area contributed by atoms with E-state index in [9.17, 15) is 4.79 Å². The maximum absolute atomic E-state index is 11.0. The molecule has 0 amide bonds. The summed E-state index contributed by atoms with van der Waals surface area (Å²) < 4.78 is 5.41. The fourth-order valence-electron chi connectivity index (χ4n) is 1.98. The first-order valence-electron chi connectivity index (χ1n) is 6.79. The van der Waals surface area contributed by atoms with Crippen LogP contribution in [0.4, 0.5) is 5.95 Å². The smallest absolute Gasteiger partial charge is 0.339 e. The van der Waals surface area contributed by atoms with E-state index in [1.54, 1.807) is 6.92 Å². The van der Waals surface area contributed by atoms with Crippen molar-refractivity contribution in [2.24, 2.45) is 0 Å². The third-order valence-corrected chi connectivity index (χ3v) is 3.09. The largest absolute Gasteiger partial charge is 0.478 e. The monoisotopic (exact) mass is 289 g/mol. The van der Waals surface area contributed by atoms with Gasteiger partial charge in [0.05, 0.1) is 6.54 Å². The Morgan fingerprint density at radius 3 is 2.62 bits per heavy atom. The Bertz CT molecular complexity index is 662. The van der Waals surface area contributed by atoms with Gasteiger partial charge in [0, 0.05) is 11.4 Å². The fraction of sp³-hybridized carbons (Fsp3) is 0.400. The van der Waals surface area contributed by atoms with Gasteiger partial charge in [-0.25, -0.2) is 14.8 Å². The first-order valence-corrected chi connectivity index (χ1v) is 6.79. The average molecular weight is 289 g/mol. The molecule has 0 aliphatic heterocycles. The lowest BCUT2D eigenvalue weighted by molar-refractivity contribution is 0.0695. The molecule has 2 N–H and O–H groups in total. The molecule has 0 radical (unpaired) electrons. The SMILES string of the molecule is Cc1cc(C(C)C)nc(NCc2cc(C(=O)O)c(C)o2)n1. The summed E-state index contributed by atoms with van der Waals surface area (Å²) in [6, 6.07) is 3.47. The second-order valence-electron chi connectivity index (χ2n) is 5.25. The molecule has 0 atom stereocenters. The molecule has 0 aliphatic rings. The molecule has 0 bridgehead atoms. The molecule has 2 rings (SSSR count). The molecule has 2 heterocycles. The van der Waals surface area contributed by atoms with E-state index in [4.69, 9.17) is 9.52 Å². The molecule has 112 valence electrons. The van der Waals surface area contributed by atoms with E-state index in [0.29, 0.717) is 29.9 Å². The van der Waals surface area contributed by atoms with Gasteiger partial charge in [0.25, 0.3) is 0 Å². The summed E-state index contributed by atoms with van der Waals surface area (Å²) in [5, 5.41) is 12.1. The summed E-state index contributed by atoms with van der Waals surface area (Å²) in [7, 11) is 0. The quantitative estimate of drug-likeness (QED) is 0.879. The van der Waals surface area contributed by atoms with Crippen LogP contribution in [0.5, 0.6) is 0 Å². The van der Waals surface area contributed by atoms with Gasteiger partial charge in [-0.15, -0.1) is 0 Å². The van der Waals surface area contributed by atoms with Gasteiger partial charge in [-0.1, -0.05) is 13.8 Å². The van der Waals surface area contributed by atoms with Gasteiger partial charge in [0.2, 0.25) is 5.95 Å². The molecule has 0 saturated heterocycles. The number of aryl methyl sites for hydroxylation is 2. The molecular formula is C15H19N3O3. The van der Waals surface area contributed by atoms with Crippen molar-refractivity contribution in [1.82, 2.24) is 9.97 Å². The van der Waals surface area contributed by atoms with Crippen molar-refractivity contribution in [1.29, 1.82) is 0 Å². The number of nitrogens with zero attached hydrogens (tertiary/aromatic N) is 2. The van der Waals surface area contributed by atoms with Crippen molar-refractivity contribution in [3.8, 4) is 0 Å². The minimum atomic E-state index is -0.989. The van der Waals surface area contributed by atoms with Crippen LogP contribution in [0.2, 0.25) is 0 Å². The van der Waals surface area contributed by atoms with Crippen LogP contribution in [-0.2, 0) is 6.54 Å². The molecule has 21 heavy (non-hydrogen) atoms. The van der Waals surface area contributed by atoms with E-state index in [0.717, 1.165) is 11.4 Å². The number of carbonyl (C=O) groups is 1. The van der Waals surface area contributed by atoms with E-state index >= 15 is 0 Å². The number of hydrogen-bond donors (Lipinski definition) is 2. The number of hydrogen-bond acceptors (Lipinski definition) is 5. The van der Waals surface area contributed by atoms with E-state index in [-0.39, 0.29) is 5.56 Å². The molecule has 0 fully saturated rings. The minimum Gasteiger partial charge on any atom is -0.478 e. The lowest BCUT2D eigenvalue weighted by Gasteiger charge is -2.09. The highest BCUT2D eigenvalue weighted by molar-refractivity contribution is 5.88. The molecule has 0 unspecified atom stereocenters. The maximum atomic E-state index is 11.0. The average Bonchev–Trinajstić information content (AvgIpc) is 2.77. The Labute approximate surface area is 123 Å². The van der Waals surface area contributed by atoms with Crippen molar-refractivity contribution in [2.75, 3.05) is 5.32 Å². The van der Waals surface area contributed by atoms with Crippen molar-refractivity contribution in [2.45, 2.75) is 40.2 Å². The van der Waals surface area contributed by atoms with E-state index in [1.165, 1.54) is 6.07 Å². The molecule has 0 saturated carbocycles. The molecule has 6 nitrogen and oxygen atoms in total. The summed E-state index contributed by atoms with van der Waals surface area (Å²) in [6.45, 7) is 8.03. The van der Waals surface area contributed by atoms with Crippen LogP contribution >= 0.6 is 0 Å². The molecular weight excluding hydrogens is 270 g/mol. The second-order valence-corrected chi connectivity index (χ2v) is 5.25. The minimum absolute atomic E-state index is 0.180. The van der Waals surface area contributed by atoms with Crippen LogP contribution in [-0.4, -0.2) is 21.0 Å². The molecule has 0 aromatic carbocycles. The van der Waals surface area contributed by atoms with Crippen LogP contribution in [0.3, 0.4) is 0 Å². The van der Waals surface area contributed by atoms with Gasteiger partial charge in [-0.2, -0.15) is 0 Å². The Morgan fingerprint density at radius 2 is 2.05 bits per heavy atom. The van der Waals surface area contributed by atoms with Crippen LogP contribution < -0.4 is 5.32 Å². The molecule has 2 aromatic heterocycles. The number of furan rings is 1. The van der Waals surface area contributed by atoms with Gasteiger partial charge in [0.1, 0.15) is 17.1 Å². The maximum Gasteiger partial charge on any atom is 0.339 e. The molecule has 6 heteroatoms. The summed E-state index contributed by atoms with van der Waals surface area (Å²) in [5.74, 6) is 0.784. The summed E-state index contributed by atoms with van der Waals surface area (Å²) >= 11 is 0. The van der Waals surface area contributed by atoms with Crippen LogP contribution in [0.25, 0.3) is 0 Å². The predicted octanol–water partition coefficient (Wildman–Crippen LogP) is 3.12. The molecule has 0 spiro atoms. The highest BCUT2D eigenvalue weighted by Crippen LogP contribution is 2.17. The number of aromatic carboxylic acids is 1. The third kappa shape index (κ3) is 3.59. The number of carboxylic acid groups (broad SMARTS) is 1. The number of carboxylic acids is 1. The van der Waals surface area contributed by atoms with Crippen LogP contribution in [0.1, 0.15) is 53.0 Å².